The molecule has 1 unspecified atom stereocenters. The maximum atomic E-state index is 12.0. The summed E-state index contributed by atoms with van der Waals surface area (Å²) in [5, 5.41) is 2.65. The third kappa shape index (κ3) is 2.79. The second-order valence-corrected chi connectivity index (χ2v) is 5.19. The molecule has 0 spiro atoms. The first-order valence-electron chi connectivity index (χ1n) is 6.79. The third-order valence-corrected chi connectivity index (χ3v) is 3.97. The lowest BCUT2D eigenvalue weighted by Gasteiger charge is -2.39. The molecule has 96 valence electrons. The lowest BCUT2D eigenvalue weighted by Crippen LogP contribution is -2.60. The molecule has 1 atom stereocenters. The first-order valence-corrected chi connectivity index (χ1v) is 6.79. The Labute approximate surface area is 103 Å². The molecule has 2 amide bonds. The summed E-state index contributed by atoms with van der Waals surface area (Å²) in [6.45, 7) is 2.02. The van der Waals surface area contributed by atoms with Gasteiger partial charge in [-0.15, -0.1) is 0 Å². The van der Waals surface area contributed by atoms with Crippen LogP contribution < -0.4 is 5.32 Å². The molecule has 4 heteroatoms. The van der Waals surface area contributed by atoms with Crippen LogP contribution in [0.25, 0.3) is 0 Å². The molecule has 1 aliphatic carbocycles. The number of carbonyl (C=O) groups is 2. The van der Waals surface area contributed by atoms with Crippen LogP contribution in [0.1, 0.15) is 51.9 Å². The van der Waals surface area contributed by atoms with E-state index in [9.17, 15) is 9.59 Å². The molecule has 1 saturated carbocycles. The summed E-state index contributed by atoms with van der Waals surface area (Å²) in [6.07, 6.45) is 8.33. The number of nitrogens with one attached hydrogen (secondary N) is 1. The molecule has 0 aromatic rings. The minimum absolute atomic E-state index is 0.00772. The zero-order valence-electron chi connectivity index (χ0n) is 10.6. The van der Waals surface area contributed by atoms with E-state index in [0.717, 1.165) is 12.8 Å². The number of hydrogen-bond donors (Lipinski definition) is 1. The van der Waals surface area contributed by atoms with Gasteiger partial charge in [0.1, 0.15) is 6.04 Å². The number of nitrogens with zero attached hydrogens (tertiary/aromatic N) is 1. The number of amides is 2. The van der Waals surface area contributed by atoms with Crippen molar-refractivity contribution in [3.8, 4) is 0 Å². The molecule has 1 N–H and O–H groups in total. The van der Waals surface area contributed by atoms with Gasteiger partial charge in [0.25, 0.3) is 0 Å². The highest BCUT2D eigenvalue weighted by atomic mass is 16.2. The summed E-state index contributed by atoms with van der Waals surface area (Å²) >= 11 is 0. The Balaban J connectivity index is 2.06. The molecule has 1 aliphatic heterocycles. The first-order chi connectivity index (χ1) is 8.20. The molecule has 4 nitrogen and oxygen atoms in total. The van der Waals surface area contributed by atoms with Gasteiger partial charge in [0.05, 0.1) is 6.54 Å². The lowest BCUT2D eigenvalue weighted by atomic mass is 9.94. The van der Waals surface area contributed by atoms with Crippen molar-refractivity contribution in [3.05, 3.63) is 0 Å². The zero-order chi connectivity index (χ0) is 12.3. The van der Waals surface area contributed by atoms with Gasteiger partial charge in [-0.25, -0.2) is 0 Å². The van der Waals surface area contributed by atoms with Gasteiger partial charge < -0.3 is 10.2 Å². The monoisotopic (exact) mass is 238 g/mol. The molecule has 0 aromatic carbocycles. The molecule has 1 saturated heterocycles. The normalized spacial score (nSPS) is 28.5. The maximum Gasteiger partial charge on any atom is 0.242 e. The molecule has 1 heterocycles. The van der Waals surface area contributed by atoms with Gasteiger partial charge in [0.2, 0.25) is 11.8 Å². The molecular weight excluding hydrogens is 216 g/mol. The van der Waals surface area contributed by atoms with Crippen molar-refractivity contribution in [2.75, 3.05) is 6.54 Å². The van der Waals surface area contributed by atoms with Gasteiger partial charge >= 0.3 is 0 Å². The van der Waals surface area contributed by atoms with Crippen LogP contribution in [0, 0.1) is 0 Å². The third-order valence-electron chi connectivity index (χ3n) is 3.97. The molecule has 2 fully saturated rings. The van der Waals surface area contributed by atoms with Crippen LogP contribution in [-0.2, 0) is 9.59 Å². The van der Waals surface area contributed by atoms with Crippen LogP contribution in [0.15, 0.2) is 0 Å². The molecule has 0 bridgehead atoms. The summed E-state index contributed by atoms with van der Waals surface area (Å²) < 4.78 is 0. The molecule has 2 aliphatic rings. The van der Waals surface area contributed by atoms with Crippen LogP contribution in [-0.4, -0.2) is 35.3 Å². The van der Waals surface area contributed by atoms with Crippen LogP contribution >= 0.6 is 0 Å². The average Bonchev–Trinajstić information content (AvgIpc) is 2.26. The van der Waals surface area contributed by atoms with Crippen LogP contribution in [0.2, 0.25) is 0 Å². The Bertz CT molecular complexity index is 296. The number of carbonyl (C=O) groups excluding carboxylic acids is 2. The van der Waals surface area contributed by atoms with Gasteiger partial charge in [0.15, 0.2) is 0 Å². The number of hydrogen-bond acceptors (Lipinski definition) is 2. The van der Waals surface area contributed by atoms with Gasteiger partial charge in [-0.3, -0.25) is 9.59 Å². The molecule has 0 aromatic heterocycles. The Kier molecular flexibility index (Phi) is 4.02. The van der Waals surface area contributed by atoms with Gasteiger partial charge in [-0.2, -0.15) is 0 Å². The first kappa shape index (κ1) is 12.4. The quantitative estimate of drug-likeness (QED) is 0.751. The topological polar surface area (TPSA) is 49.4 Å². The van der Waals surface area contributed by atoms with E-state index in [1.165, 1.54) is 32.1 Å². The fourth-order valence-electron chi connectivity index (χ4n) is 2.98. The zero-order valence-corrected chi connectivity index (χ0v) is 10.6. The van der Waals surface area contributed by atoms with E-state index in [-0.39, 0.29) is 30.4 Å². The summed E-state index contributed by atoms with van der Waals surface area (Å²) in [5.41, 5.74) is 0. The van der Waals surface area contributed by atoms with E-state index in [0.29, 0.717) is 0 Å². The smallest absolute Gasteiger partial charge is 0.242 e. The second-order valence-electron chi connectivity index (χ2n) is 5.19. The average molecular weight is 238 g/mol. The minimum atomic E-state index is -0.291. The molecule has 0 radical (unpaired) electrons. The Morgan fingerprint density at radius 2 is 1.65 bits per heavy atom. The highest BCUT2D eigenvalue weighted by molar-refractivity contribution is 5.94. The summed E-state index contributed by atoms with van der Waals surface area (Å²) in [7, 11) is 0. The van der Waals surface area contributed by atoms with E-state index >= 15 is 0 Å². The second kappa shape index (κ2) is 5.52. The van der Waals surface area contributed by atoms with Gasteiger partial charge in [0, 0.05) is 6.04 Å². The largest absolute Gasteiger partial charge is 0.345 e. The van der Waals surface area contributed by atoms with Crippen LogP contribution in [0.5, 0.6) is 0 Å². The number of piperazine rings is 1. The molecule has 17 heavy (non-hydrogen) atoms. The number of rotatable bonds is 1. The molecule has 2 rings (SSSR count). The van der Waals surface area contributed by atoms with Gasteiger partial charge in [-0.05, 0) is 19.8 Å². The standard InChI is InChI=1S/C13H22N2O2/c1-10-13(17)14-9-12(16)15(10)11-7-5-3-2-4-6-8-11/h10-11H,2-9H2,1H3,(H,14,17). The highest BCUT2D eigenvalue weighted by Gasteiger charge is 2.35. The van der Waals surface area contributed by atoms with Crippen LogP contribution in [0.3, 0.4) is 0 Å². The van der Waals surface area contributed by atoms with E-state index < -0.39 is 0 Å². The predicted octanol–water partition coefficient (Wildman–Crippen LogP) is 1.45. The van der Waals surface area contributed by atoms with Crippen molar-refractivity contribution in [1.82, 2.24) is 10.2 Å². The Morgan fingerprint density at radius 3 is 2.29 bits per heavy atom. The van der Waals surface area contributed by atoms with Crippen molar-refractivity contribution >= 4 is 11.8 Å². The summed E-state index contributed by atoms with van der Waals surface area (Å²) in [4.78, 5) is 25.4. The Morgan fingerprint density at radius 1 is 1.06 bits per heavy atom. The lowest BCUT2D eigenvalue weighted by molar-refractivity contribution is -0.148. The van der Waals surface area contributed by atoms with E-state index in [2.05, 4.69) is 5.32 Å². The summed E-state index contributed by atoms with van der Waals surface area (Å²) in [5.74, 6) is 0.0781. The van der Waals surface area contributed by atoms with Gasteiger partial charge in [-0.1, -0.05) is 32.1 Å². The Hall–Kier alpha value is -1.06. The predicted molar refractivity (Wildman–Crippen MR) is 65.4 cm³/mol. The van der Waals surface area contributed by atoms with Crippen molar-refractivity contribution in [3.63, 3.8) is 0 Å². The SMILES string of the molecule is CC1C(=O)NCC(=O)N1C1CCCCCCC1. The fourth-order valence-corrected chi connectivity index (χ4v) is 2.98. The highest BCUT2D eigenvalue weighted by Crippen LogP contribution is 2.24. The van der Waals surface area contributed by atoms with Crippen LogP contribution in [0.4, 0.5) is 0 Å². The maximum absolute atomic E-state index is 12.0. The van der Waals surface area contributed by atoms with E-state index in [1.807, 2.05) is 11.8 Å². The fraction of sp³-hybridized carbons (Fsp3) is 0.846. The minimum Gasteiger partial charge on any atom is -0.345 e. The van der Waals surface area contributed by atoms with E-state index in [1.54, 1.807) is 0 Å². The summed E-state index contributed by atoms with van der Waals surface area (Å²) in [6, 6.07) is -0.00970. The van der Waals surface area contributed by atoms with Crippen molar-refractivity contribution < 1.29 is 9.59 Å². The van der Waals surface area contributed by atoms with E-state index in [4.69, 9.17) is 0 Å². The van der Waals surface area contributed by atoms with Crippen molar-refractivity contribution in [1.29, 1.82) is 0 Å². The molecular formula is C13H22N2O2. The van der Waals surface area contributed by atoms with Crippen molar-refractivity contribution in [2.45, 2.75) is 64.0 Å². The van der Waals surface area contributed by atoms with Crippen molar-refractivity contribution in [2.24, 2.45) is 0 Å².